The van der Waals surface area contributed by atoms with E-state index in [-0.39, 0.29) is 18.4 Å². The Labute approximate surface area is 266 Å². The normalized spacial score (nSPS) is 22.7. The van der Waals surface area contributed by atoms with Crippen molar-refractivity contribution in [2.45, 2.75) is 76.5 Å². The summed E-state index contributed by atoms with van der Waals surface area (Å²) in [5.74, 6) is 0.541. The van der Waals surface area contributed by atoms with Gasteiger partial charge in [-0.1, -0.05) is 49.8 Å². The van der Waals surface area contributed by atoms with Gasteiger partial charge in [0.05, 0.1) is 31.3 Å². The average molecular weight is 610 g/mol. The summed E-state index contributed by atoms with van der Waals surface area (Å²) in [6, 6.07) is 16.8. The van der Waals surface area contributed by atoms with Crippen molar-refractivity contribution in [3.63, 3.8) is 0 Å². The first-order valence-electron chi connectivity index (χ1n) is 16.7. The number of aryl methyl sites for hydroxylation is 1. The zero-order chi connectivity index (χ0) is 30.9. The van der Waals surface area contributed by atoms with Crippen LogP contribution in [0.2, 0.25) is 0 Å². The van der Waals surface area contributed by atoms with E-state index in [4.69, 9.17) is 14.7 Å². The quantitative estimate of drug-likeness (QED) is 0.302. The number of piperazine rings is 1. The van der Waals surface area contributed by atoms with Crippen molar-refractivity contribution in [2.75, 3.05) is 55.7 Å². The van der Waals surface area contributed by atoms with Crippen molar-refractivity contribution in [1.82, 2.24) is 19.8 Å². The van der Waals surface area contributed by atoms with E-state index in [0.29, 0.717) is 57.3 Å². The van der Waals surface area contributed by atoms with Crippen LogP contribution in [0.1, 0.15) is 55.3 Å². The Kier molecular flexibility index (Phi) is 8.61. The lowest BCUT2D eigenvalue weighted by molar-refractivity contribution is 0.0119. The van der Waals surface area contributed by atoms with Crippen LogP contribution >= 0.6 is 0 Å². The lowest BCUT2D eigenvalue weighted by atomic mass is 9.99. The number of ether oxygens (including phenoxy) is 1. The molecule has 4 heterocycles. The Morgan fingerprint density at radius 3 is 2.60 bits per heavy atom. The maximum atomic E-state index is 13.8. The van der Waals surface area contributed by atoms with Crippen molar-refractivity contribution >= 4 is 22.3 Å². The molecule has 236 valence electrons. The van der Waals surface area contributed by atoms with Crippen LogP contribution in [-0.2, 0) is 13.0 Å². The molecule has 9 heteroatoms. The van der Waals surface area contributed by atoms with Crippen LogP contribution in [0.3, 0.4) is 0 Å². The molecule has 0 amide bonds. The third-order valence-electron chi connectivity index (χ3n) is 10.4. The molecule has 3 aliphatic heterocycles. The summed E-state index contributed by atoms with van der Waals surface area (Å²) in [5, 5.41) is 12.1. The maximum Gasteiger partial charge on any atom is 0.318 e. The highest BCUT2D eigenvalue weighted by molar-refractivity contribution is 5.97. The van der Waals surface area contributed by atoms with Crippen molar-refractivity contribution in [1.29, 1.82) is 5.26 Å². The molecule has 4 aliphatic rings. The number of halogens is 1. The monoisotopic (exact) mass is 609 g/mol. The molecule has 0 bridgehead atoms. The number of benzene rings is 2. The van der Waals surface area contributed by atoms with Crippen molar-refractivity contribution < 1.29 is 9.13 Å². The minimum atomic E-state index is -0.368. The number of aromatic nitrogens is 2. The summed E-state index contributed by atoms with van der Waals surface area (Å²) in [5.41, 5.74) is 4.66. The fourth-order valence-electron chi connectivity index (χ4n) is 8.03. The molecule has 1 aromatic heterocycles. The first-order valence-corrected chi connectivity index (χ1v) is 16.7. The van der Waals surface area contributed by atoms with Crippen LogP contribution in [0, 0.1) is 18.3 Å². The third-order valence-corrected chi connectivity index (χ3v) is 10.4. The molecule has 3 aromatic rings. The molecular formula is C36H44FN7O. The molecule has 45 heavy (non-hydrogen) atoms. The highest BCUT2D eigenvalue weighted by Gasteiger charge is 2.36. The second-order valence-electron chi connectivity index (χ2n) is 13.3. The van der Waals surface area contributed by atoms with Crippen molar-refractivity contribution in [3.05, 3.63) is 65.6 Å². The molecule has 3 fully saturated rings. The van der Waals surface area contributed by atoms with E-state index in [9.17, 15) is 9.65 Å². The summed E-state index contributed by atoms with van der Waals surface area (Å²) in [7, 11) is 0. The molecule has 1 saturated carbocycles. The molecular weight excluding hydrogens is 565 g/mol. The predicted octanol–water partition coefficient (Wildman–Crippen LogP) is 5.78. The highest BCUT2D eigenvalue weighted by Crippen LogP contribution is 2.36. The summed E-state index contributed by atoms with van der Waals surface area (Å²) in [6.07, 6.45) is 7.55. The zero-order valence-electron chi connectivity index (χ0n) is 26.4. The Balaban J connectivity index is 1.18. The molecule has 8 nitrogen and oxygen atoms in total. The molecule has 2 saturated heterocycles. The summed E-state index contributed by atoms with van der Waals surface area (Å²) in [4.78, 5) is 19.5. The average Bonchev–Trinajstić information content (AvgIpc) is 3.54. The zero-order valence-corrected chi connectivity index (χ0v) is 26.4. The SMILES string of the molecule is C=C(F)CN1CCN(c2nc(OCC3CCN3C3CCCC3)nc3c2CCN(c2cccc4cccc(C)c24)C3)C[C@@H]1CC#N. The summed E-state index contributed by atoms with van der Waals surface area (Å²) in [6.45, 7) is 11.1. The van der Waals surface area contributed by atoms with Crippen molar-refractivity contribution in [3.8, 4) is 12.1 Å². The third kappa shape index (κ3) is 6.10. The van der Waals surface area contributed by atoms with Crippen molar-refractivity contribution in [2.24, 2.45) is 0 Å². The van der Waals surface area contributed by atoms with Gasteiger partial charge >= 0.3 is 6.01 Å². The number of nitriles is 1. The molecule has 1 aliphatic carbocycles. The highest BCUT2D eigenvalue weighted by atomic mass is 19.1. The van der Waals surface area contributed by atoms with Gasteiger partial charge in [-0.05, 0) is 49.6 Å². The topological polar surface area (TPSA) is 71.8 Å². The minimum absolute atomic E-state index is 0.0973. The second kappa shape index (κ2) is 12.9. The van der Waals surface area contributed by atoms with E-state index in [2.05, 4.69) is 70.7 Å². The molecule has 0 radical (unpaired) electrons. The standard InChI is InChI=1S/C36H44FN7O/c1-25-7-5-8-27-9-6-12-33(34(25)27)42-17-15-31-32(23-42)39-36(45-24-30-14-18-44(30)28-10-3-4-11-28)40-35(31)43-20-19-41(21-26(2)37)29(22-43)13-16-38/h5-9,12,28-30H,2-4,10-11,13-15,17-24H2,1H3/t29-,30?/m0/s1. The van der Waals surface area contributed by atoms with E-state index in [1.165, 1.54) is 47.7 Å². The largest absolute Gasteiger partial charge is 0.462 e. The maximum absolute atomic E-state index is 13.8. The van der Waals surface area contributed by atoms with Crippen LogP contribution in [0.4, 0.5) is 15.9 Å². The predicted molar refractivity (Wildman–Crippen MR) is 176 cm³/mol. The number of nitrogens with zero attached hydrogens (tertiary/aromatic N) is 7. The van der Waals surface area contributed by atoms with E-state index < -0.39 is 0 Å². The first-order chi connectivity index (χ1) is 22.0. The Bertz CT molecular complexity index is 1590. The van der Waals surface area contributed by atoms with Gasteiger partial charge in [0.15, 0.2) is 0 Å². The van der Waals surface area contributed by atoms with E-state index in [1.807, 2.05) is 4.90 Å². The Morgan fingerprint density at radius 1 is 1.02 bits per heavy atom. The van der Waals surface area contributed by atoms with Crippen LogP contribution in [0.5, 0.6) is 6.01 Å². The van der Waals surface area contributed by atoms with Gasteiger partial charge in [-0.3, -0.25) is 9.80 Å². The Morgan fingerprint density at radius 2 is 1.84 bits per heavy atom. The number of hydrogen-bond acceptors (Lipinski definition) is 8. The summed E-state index contributed by atoms with van der Waals surface area (Å²) >= 11 is 0. The van der Waals surface area contributed by atoms with Gasteiger partial charge in [0.25, 0.3) is 0 Å². The van der Waals surface area contributed by atoms with Gasteiger partial charge in [0.2, 0.25) is 0 Å². The number of anilines is 2. The molecule has 0 spiro atoms. The fraction of sp³-hybridized carbons (Fsp3) is 0.528. The van der Waals surface area contributed by atoms with E-state index in [0.717, 1.165) is 43.0 Å². The Hall–Kier alpha value is -3.74. The lowest BCUT2D eigenvalue weighted by Crippen LogP contribution is -2.55. The van der Waals surface area contributed by atoms with Gasteiger partial charge in [-0.25, -0.2) is 4.39 Å². The fourth-order valence-corrected chi connectivity index (χ4v) is 8.03. The van der Waals surface area contributed by atoms with E-state index in [1.54, 1.807) is 0 Å². The second-order valence-corrected chi connectivity index (χ2v) is 13.3. The number of rotatable bonds is 9. The number of hydrogen-bond donors (Lipinski definition) is 0. The smallest absolute Gasteiger partial charge is 0.318 e. The van der Waals surface area contributed by atoms with Gasteiger partial charge in [0, 0.05) is 67.5 Å². The van der Waals surface area contributed by atoms with Crippen LogP contribution < -0.4 is 14.5 Å². The first kappa shape index (κ1) is 29.9. The molecule has 2 aromatic carbocycles. The molecule has 2 atom stereocenters. The van der Waals surface area contributed by atoms with Crippen LogP contribution in [0.15, 0.2) is 48.8 Å². The van der Waals surface area contributed by atoms with Crippen LogP contribution in [0.25, 0.3) is 10.8 Å². The van der Waals surface area contributed by atoms with Gasteiger partial charge in [-0.15, -0.1) is 0 Å². The number of fused-ring (bicyclic) bond motifs is 2. The summed E-state index contributed by atoms with van der Waals surface area (Å²) < 4.78 is 20.3. The lowest BCUT2D eigenvalue weighted by Gasteiger charge is -2.44. The van der Waals surface area contributed by atoms with Gasteiger partial charge in [-0.2, -0.15) is 15.2 Å². The molecule has 1 unspecified atom stereocenters. The van der Waals surface area contributed by atoms with Gasteiger partial charge in [0.1, 0.15) is 18.3 Å². The molecule has 7 rings (SSSR count). The van der Waals surface area contributed by atoms with Gasteiger partial charge < -0.3 is 14.5 Å². The molecule has 0 N–H and O–H groups in total. The van der Waals surface area contributed by atoms with E-state index >= 15 is 0 Å². The van der Waals surface area contributed by atoms with Crippen LogP contribution in [-0.4, -0.2) is 83.8 Å². The number of likely N-dealkylation sites (tertiary alicyclic amines) is 1. The minimum Gasteiger partial charge on any atom is -0.462 e.